The van der Waals surface area contributed by atoms with Gasteiger partial charge in [-0.05, 0) is 44.4 Å². The highest BCUT2D eigenvalue weighted by Gasteiger charge is 2.62. The van der Waals surface area contributed by atoms with Gasteiger partial charge in [-0.2, -0.15) is 0 Å². The molecule has 7 heteroatoms. The lowest BCUT2D eigenvalue weighted by Crippen LogP contribution is -2.64. The predicted molar refractivity (Wildman–Crippen MR) is 122 cm³/mol. The summed E-state index contributed by atoms with van der Waals surface area (Å²) in [5.41, 5.74) is 0.774. The second-order valence-corrected chi connectivity index (χ2v) is 10.0. The van der Waals surface area contributed by atoms with Crippen LogP contribution >= 0.6 is 11.3 Å². The first-order chi connectivity index (χ1) is 15.5. The van der Waals surface area contributed by atoms with Gasteiger partial charge in [-0.15, -0.1) is 11.3 Å². The molecule has 1 aliphatic carbocycles. The average Bonchev–Trinajstić information content (AvgIpc) is 3.28. The normalized spacial score (nSPS) is 27.9. The molecule has 1 aromatic heterocycles. The van der Waals surface area contributed by atoms with E-state index in [1.54, 1.807) is 18.3 Å². The molecule has 2 unspecified atom stereocenters. The van der Waals surface area contributed by atoms with Gasteiger partial charge in [-0.1, -0.05) is 24.3 Å². The summed E-state index contributed by atoms with van der Waals surface area (Å²) in [4.78, 5) is 26.4. The standard InChI is InChI=1S/C25H23NO5S/c1-12(27)19-22-14-7-4-8-16(21(14)23(25(29)30)26(22)24(19)28)31-15-9-5-11-18-20(15)13-6-2-3-10-17(13)32-18/h2-3,5-6,9-12,14,16,19,22,27H,4,7-8H2,1H3,(H,29,30)/t12-,14?,16?,19-,22-/m1/s1. The Morgan fingerprint density at radius 3 is 2.72 bits per heavy atom. The molecule has 2 fully saturated rings. The van der Waals surface area contributed by atoms with E-state index in [1.165, 1.54) is 9.60 Å². The van der Waals surface area contributed by atoms with Crippen LogP contribution in [0.3, 0.4) is 0 Å². The number of carbonyl (C=O) groups is 2. The maximum atomic E-state index is 12.7. The van der Waals surface area contributed by atoms with E-state index in [2.05, 4.69) is 18.2 Å². The van der Waals surface area contributed by atoms with Gasteiger partial charge in [0.2, 0.25) is 5.91 Å². The lowest BCUT2D eigenvalue weighted by atomic mass is 9.71. The number of hydrogen-bond donors (Lipinski definition) is 2. The third-order valence-electron chi connectivity index (χ3n) is 7.20. The molecule has 32 heavy (non-hydrogen) atoms. The highest BCUT2D eigenvalue weighted by molar-refractivity contribution is 7.25. The first-order valence-corrected chi connectivity index (χ1v) is 11.8. The number of ether oxygens (including phenoxy) is 1. The maximum absolute atomic E-state index is 12.7. The predicted octanol–water partition coefficient (Wildman–Crippen LogP) is 4.16. The van der Waals surface area contributed by atoms with Crippen LogP contribution in [0.4, 0.5) is 0 Å². The molecule has 1 saturated carbocycles. The summed E-state index contributed by atoms with van der Waals surface area (Å²) in [5, 5.41) is 22.3. The van der Waals surface area contributed by atoms with Crippen LogP contribution in [0.25, 0.3) is 20.2 Å². The SMILES string of the molecule is C[C@@H](O)[C@H]1C(=O)N2C(C(=O)O)=C3C(Oc4cccc5sc6ccccc6c45)CCCC3[C@H]12. The number of rotatable bonds is 4. The number of β-lactam (4-membered cyclic amide) rings is 1. The summed E-state index contributed by atoms with van der Waals surface area (Å²) < 4.78 is 8.88. The van der Waals surface area contributed by atoms with E-state index in [1.807, 2.05) is 24.3 Å². The molecule has 3 heterocycles. The van der Waals surface area contributed by atoms with Crippen LogP contribution < -0.4 is 4.74 Å². The molecule has 1 amide bonds. The quantitative estimate of drug-likeness (QED) is 0.584. The molecule has 0 radical (unpaired) electrons. The number of aliphatic hydroxyl groups excluding tert-OH is 1. The van der Waals surface area contributed by atoms with Gasteiger partial charge in [0.1, 0.15) is 17.6 Å². The largest absolute Gasteiger partial charge is 0.485 e. The summed E-state index contributed by atoms with van der Waals surface area (Å²) in [5.74, 6) is -1.28. The Balaban J connectivity index is 1.44. The molecule has 2 aromatic carbocycles. The van der Waals surface area contributed by atoms with Crippen LogP contribution in [-0.2, 0) is 9.59 Å². The minimum atomic E-state index is -1.10. The van der Waals surface area contributed by atoms with E-state index < -0.39 is 24.1 Å². The first-order valence-electron chi connectivity index (χ1n) is 11.0. The molecular formula is C25H23NO5S. The Bertz CT molecular complexity index is 1310. The summed E-state index contributed by atoms with van der Waals surface area (Å²) in [6.45, 7) is 1.61. The summed E-state index contributed by atoms with van der Waals surface area (Å²) >= 11 is 1.71. The van der Waals surface area contributed by atoms with E-state index in [4.69, 9.17) is 4.74 Å². The summed E-state index contributed by atoms with van der Waals surface area (Å²) in [6.07, 6.45) is 1.18. The number of aliphatic hydroxyl groups is 1. The monoisotopic (exact) mass is 449 g/mol. The van der Waals surface area contributed by atoms with Gasteiger partial charge in [-0.25, -0.2) is 4.79 Å². The fourth-order valence-electron chi connectivity index (χ4n) is 5.95. The zero-order valence-corrected chi connectivity index (χ0v) is 18.3. The van der Waals surface area contributed by atoms with Gasteiger partial charge < -0.3 is 19.8 Å². The maximum Gasteiger partial charge on any atom is 0.352 e. The number of carboxylic acids is 1. The first kappa shape index (κ1) is 19.8. The van der Waals surface area contributed by atoms with Crippen LogP contribution in [0.15, 0.2) is 53.7 Å². The zero-order valence-electron chi connectivity index (χ0n) is 17.5. The highest BCUT2D eigenvalue weighted by atomic mass is 32.1. The lowest BCUT2D eigenvalue weighted by molar-refractivity contribution is -0.163. The second kappa shape index (κ2) is 7.05. The van der Waals surface area contributed by atoms with Crippen molar-refractivity contribution >= 4 is 43.4 Å². The number of thiophene rings is 1. The number of carbonyl (C=O) groups excluding carboxylic acids is 1. The van der Waals surface area contributed by atoms with E-state index in [0.29, 0.717) is 12.0 Å². The van der Waals surface area contributed by atoms with Crippen molar-refractivity contribution in [2.75, 3.05) is 0 Å². The molecule has 0 bridgehead atoms. The van der Waals surface area contributed by atoms with E-state index in [9.17, 15) is 19.8 Å². The van der Waals surface area contributed by atoms with Crippen molar-refractivity contribution in [2.45, 2.75) is 44.4 Å². The van der Waals surface area contributed by atoms with Crippen molar-refractivity contribution in [1.29, 1.82) is 0 Å². The van der Waals surface area contributed by atoms with Crippen molar-refractivity contribution in [3.05, 3.63) is 53.7 Å². The lowest BCUT2D eigenvalue weighted by Gasteiger charge is -2.47. The Morgan fingerprint density at radius 1 is 1.16 bits per heavy atom. The second-order valence-electron chi connectivity index (χ2n) is 8.95. The summed E-state index contributed by atoms with van der Waals surface area (Å²) in [7, 11) is 0. The molecule has 0 spiro atoms. The average molecular weight is 450 g/mol. The molecule has 1 saturated heterocycles. The molecule has 2 N–H and O–H groups in total. The third-order valence-corrected chi connectivity index (χ3v) is 8.33. The van der Waals surface area contributed by atoms with Gasteiger partial charge >= 0.3 is 5.97 Å². The minimum absolute atomic E-state index is 0.0638. The number of carboxylic acid groups (broad SMARTS) is 1. The number of amides is 1. The van der Waals surface area contributed by atoms with Gasteiger partial charge in [-0.3, -0.25) is 4.79 Å². The van der Waals surface area contributed by atoms with Crippen molar-refractivity contribution in [1.82, 2.24) is 4.90 Å². The highest BCUT2D eigenvalue weighted by Crippen LogP contribution is 2.53. The van der Waals surface area contributed by atoms with Crippen LogP contribution in [-0.4, -0.2) is 45.2 Å². The smallest absolute Gasteiger partial charge is 0.352 e. The van der Waals surface area contributed by atoms with Crippen LogP contribution in [0, 0.1) is 11.8 Å². The van der Waals surface area contributed by atoms with E-state index >= 15 is 0 Å². The number of nitrogens with zero attached hydrogens (tertiary/aromatic N) is 1. The van der Waals surface area contributed by atoms with Gasteiger partial charge in [0.15, 0.2) is 0 Å². The molecule has 6 nitrogen and oxygen atoms in total. The molecule has 3 aliphatic rings. The molecular weight excluding hydrogens is 426 g/mol. The van der Waals surface area contributed by atoms with Gasteiger partial charge in [0.05, 0.1) is 18.1 Å². The minimum Gasteiger partial charge on any atom is -0.485 e. The number of benzene rings is 2. The Labute approximate surface area is 188 Å². The van der Waals surface area contributed by atoms with Crippen molar-refractivity contribution in [3.8, 4) is 5.75 Å². The van der Waals surface area contributed by atoms with Crippen molar-refractivity contribution < 1.29 is 24.5 Å². The molecule has 6 rings (SSSR count). The van der Waals surface area contributed by atoms with Crippen LogP contribution in [0.5, 0.6) is 5.75 Å². The fourth-order valence-corrected chi connectivity index (χ4v) is 7.07. The Hall–Kier alpha value is -2.90. The third kappa shape index (κ3) is 2.61. The van der Waals surface area contributed by atoms with E-state index in [0.717, 1.165) is 34.1 Å². The van der Waals surface area contributed by atoms with Crippen molar-refractivity contribution in [2.24, 2.45) is 11.8 Å². The zero-order chi connectivity index (χ0) is 22.1. The van der Waals surface area contributed by atoms with Gasteiger partial charge in [0.25, 0.3) is 0 Å². The topological polar surface area (TPSA) is 87.1 Å². The number of aliphatic carboxylic acids is 1. The number of hydrogen-bond acceptors (Lipinski definition) is 5. The molecule has 5 atom stereocenters. The number of fused-ring (bicyclic) bond motifs is 6. The fraction of sp³-hybridized carbons (Fsp3) is 0.360. The molecule has 164 valence electrons. The van der Waals surface area contributed by atoms with Crippen LogP contribution in [0.1, 0.15) is 26.2 Å². The van der Waals surface area contributed by atoms with Gasteiger partial charge in [0, 0.05) is 31.7 Å². The van der Waals surface area contributed by atoms with Crippen molar-refractivity contribution in [3.63, 3.8) is 0 Å². The molecule has 3 aromatic rings. The Kier molecular flexibility index (Phi) is 4.35. The molecule has 2 aliphatic heterocycles. The summed E-state index contributed by atoms with van der Waals surface area (Å²) in [6, 6.07) is 13.9. The van der Waals surface area contributed by atoms with E-state index in [-0.39, 0.29) is 23.6 Å². The van der Waals surface area contributed by atoms with Crippen LogP contribution in [0.2, 0.25) is 0 Å². The Morgan fingerprint density at radius 2 is 1.94 bits per heavy atom.